The van der Waals surface area contributed by atoms with E-state index >= 15 is 0 Å². The Morgan fingerprint density at radius 2 is 1.71 bits per heavy atom. The van der Waals surface area contributed by atoms with Crippen molar-refractivity contribution in [2.45, 2.75) is 19.3 Å². The number of carbonyl (C=O) groups excluding carboxylic acids is 3. The number of rotatable bonds is 6. The maximum Gasteiger partial charge on any atom is 0.316 e. The summed E-state index contributed by atoms with van der Waals surface area (Å²) in [5.74, 6) is -2.09. The summed E-state index contributed by atoms with van der Waals surface area (Å²) < 4.78 is 5.02. The third-order valence-electron chi connectivity index (χ3n) is 3.97. The van der Waals surface area contributed by atoms with Crippen molar-refractivity contribution in [3.63, 3.8) is 0 Å². The van der Waals surface area contributed by atoms with Gasteiger partial charge in [-0.25, -0.2) is 0 Å². The van der Waals surface area contributed by atoms with Gasteiger partial charge in [-0.05, 0) is 25.5 Å². The number of hydrazine groups is 1. The van der Waals surface area contributed by atoms with Crippen LogP contribution in [0.5, 0.6) is 0 Å². The van der Waals surface area contributed by atoms with Gasteiger partial charge in [0.25, 0.3) is 17.5 Å². The Kier molecular flexibility index (Phi) is 6.43. The molecule has 0 aliphatic carbocycles. The summed E-state index contributed by atoms with van der Waals surface area (Å²) in [4.78, 5) is 46.1. The van der Waals surface area contributed by atoms with Gasteiger partial charge in [0.2, 0.25) is 0 Å². The second-order valence-electron chi connectivity index (χ2n) is 6.38. The van der Waals surface area contributed by atoms with Crippen molar-refractivity contribution in [2.24, 2.45) is 0 Å². The fourth-order valence-corrected chi connectivity index (χ4v) is 2.28. The Morgan fingerprint density at radius 3 is 2.36 bits per heavy atom. The van der Waals surface area contributed by atoms with E-state index in [1.165, 1.54) is 18.2 Å². The number of non-ortho nitro benzene ring substituents is 1. The van der Waals surface area contributed by atoms with Crippen molar-refractivity contribution in [2.75, 3.05) is 6.61 Å². The molecule has 2 aromatic carbocycles. The predicted molar refractivity (Wildman–Crippen MR) is 99.1 cm³/mol. The molecule has 2 aromatic rings. The van der Waals surface area contributed by atoms with Crippen molar-refractivity contribution < 1.29 is 24.0 Å². The fourth-order valence-electron chi connectivity index (χ4n) is 2.28. The normalized spacial score (nSPS) is 10.6. The molecule has 2 N–H and O–H groups in total. The highest BCUT2D eigenvalue weighted by Gasteiger charge is 2.31. The van der Waals surface area contributed by atoms with E-state index in [1.54, 1.807) is 38.1 Å². The Morgan fingerprint density at radius 1 is 1.04 bits per heavy atom. The number of nitro benzene ring substituents is 1. The van der Waals surface area contributed by atoms with E-state index in [-0.39, 0.29) is 11.3 Å². The quantitative estimate of drug-likeness (QED) is 0.444. The van der Waals surface area contributed by atoms with E-state index in [0.717, 1.165) is 11.6 Å². The summed E-state index contributed by atoms with van der Waals surface area (Å²) in [7, 11) is 0. The smallest absolute Gasteiger partial charge is 0.316 e. The molecule has 0 fully saturated rings. The molecule has 9 nitrogen and oxygen atoms in total. The largest absolute Gasteiger partial charge is 0.455 e. The van der Waals surface area contributed by atoms with Crippen LogP contribution >= 0.6 is 0 Å². The Hall–Kier alpha value is -3.75. The summed E-state index contributed by atoms with van der Waals surface area (Å²) in [6, 6.07) is 14.0. The van der Waals surface area contributed by atoms with E-state index in [2.05, 4.69) is 10.9 Å². The van der Waals surface area contributed by atoms with Crippen molar-refractivity contribution in [3.05, 3.63) is 75.8 Å². The van der Waals surface area contributed by atoms with Gasteiger partial charge in [-0.1, -0.05) is 36.4 Å². The van der Waals surface area contributed by atoms with Crippen LogP contribution in [-0.2, 0) is 19.7 Å². The predicted octanol–water partition coefficient (Wildman–Crippen LogP) is 1.88. The van der Waals surface area contributed by atoms with Crippen LogP contribution in [0.25, 0.3) is 0 Å². The van der Waals surface area contributed by atoms with Crippen LogP contribution in [-0.4, -0.2) is 29.3 Å². The number of hydrogen-bond acceptors (Lipinski definition) is 6. The Balaban J connectivity index is 1.86. The van der Waals surface area contributed by atoms with Gasteiger partial charge in [0, 0.05) is 17.7 Å². The molecule has 0 aromatic heterocycles. The maximum absolute atomic E-state index is 12.3. The number of ether oxygens (including phenoxy) is 1. The fraction of sp³-hybridized carbons (Fsp3) is 0.211. The zero-order chi connectivity index (χ0) is 20.7. The molecular weight excluding hydrogens is 366 g/mol. The minimum Gasteiger partial charge on any atom is -0.455 e. The molecule has 0 radical (unpaired) electrons. The van der Waals surface area contributed by atoms with Gasteiger partial charge >= 0.3 is 5.97 Å². The van der Waals surface area contributed by atoms with Crippen LogP contribution in [0.1, 0.15) is 29.8 Å². The third kappa shape index (κ3) is 5.13. The van der Waals surface area contributed by atoms with E-state index < -0.39 is 34.7 Å². The van der Waals surface area contributed by atoms with Gasteiger partial charge in [0.15, 0.2) is 6.61 Å². The van der Waals surface area contributed by atoms with Crippen LogP contribution in [0.15, 0.2) is 54.6 Å². The van der Waals surface area contributed by atoms with E-state index in [4.69, 9.17) is 4.74 Å². The van der Waals surface area contributed by atoms with E-state index in [1.807, 2.05) is 6.07 Å². The van der Waals surface area contributed by atoms with Gasteiger partial charge in [0.05, 0.1) is 10.3 Å². The highest BCUT2D eigenvalue weighted by Crippen LogP contribution is 2.24. The van der Waals surface area contributed by atoms with Gasteiger partial charge < -0.3 is 4.74 Å². The summed E-state index contributed by atoms with van der Waals surface area (Å²) in [5.41, 5.74) is 3.73. The van der Waals surface area contributed by atoms with Crippen LogP contribution in [0.4, 0.5) is 5.69 Å². The summed E-state index contributed by atoms with van der Waals surface area (Å²) in [6.07, 6.45) is 0. The summed E-state index contributed by atoms with van der Waals surface area (Å²) >= 11 is 0. The second-order valence-corrected chi connectivity index (χ2v) is 6.38. The highest BCUT2D eigenvalue weighted by atomic mass is 16.6. The molecule has 0 atom stereocenters. The number of nitro groups is 1. The zero-order valence-corrected chi connectivity index (χ0v) is 15.3. The highest BCUT2D eigenvalue weighted by molar-refractivity contribution is 5.96. The first kappa shape index (κ1) is 20.6. The van der Waals surface area contributed by atoms with Gasteiger partial charge in [-0.3, -0.25) is 35.3 Å². The molecule has 0 bridgehead atoms. The Bertz CT molecular complexity index is 896. The molecule has 0 aliphatic heterocycles. The number of nitrogens with zero attached hydrogens (tertiary/aromatic N) is 1. The first-order chi connectivity index (χ1) is 13.2. The van der Waals surface area contributed by atoms with Crippen LogP contribution in [0, 0.1) is 10.1 Å². The lowest BCUT2D eigenvalue weighted by atomic mass is 9.85. The summed E-state index contributed by atoms with van der Waals surface area (Å²) in [6.45, 7) is 2.75. The monoisotopic (exact) mass is 385 g/mol. The van der Waals surface area contributed by atoms with Crippen molar-refractivity contribution in [3.8, 4) is 0 Å². The first-order valence-corrected chi connectivity index (χ1v) is 8.28. The minimum absolute atomic E-state index is 0.00305. The van der Waals surface area contributed by atoms with Crippen molar-refractivity contribution in [1.29, 1.82) is 0 Å². The van der Waals surface area contributed by atoms with Gasteiger partial charge in [-0.2, -0.15) is 0 Å². The first-order valence-electron chi connectivity index (χ1n) is 8.28. The molecule has 9 heteroatoms. The molecule has 28 heavy (non-hydrogen) atoms. The zero-order valence-electron chi connectivity index (χ0n) is 15.3. The number of esters is 1. The minimum atomic E-state index is -0.951. The average molecular weight is 385 g/mol. The number of carbonyl (C=O) groups is 3. The third-order valence-corrected chi connectivity index (χ3v) is 3.97. The van der Waals surface area contributed by atoms with Crippen LogP contribution in [0.2, 0.25) is 0 Å². The molecular formula is C19H19N3O6. The summed E-state index contributed by atoms with van der Waals surface area (Å²) in [5, 5.41) is 10.7. The standard InChI is InChI=1S/C19H19N3O6/c1-19(2,14-8-4-3-5-9-14)18(25)28-12-16(23)20-21-17(24)13-7-6-10-15(11-13)22(26)27/h3-11H,12H2,1-2H3,(H,20,23)(H,21,24). The van der Waals surface area contributed by atoms with E-state index in [0.29, 0.717) is 0 Å². The molecule has 146 valence electrons. The van der Waals surface area contributed by atoms with Crippen molar-refractivity contribution in [1.82, 2.24) is 10.9 Å². The molecule has 0 heterocycles. The molecule has 0 saturated heterocycles. The molecule has 2 amide bonds. The van der Waals surface area contributed by atoms with Crippen LogP contribution < -0.4 is 10.9 Å². The lowest BCUT2D eigenvalue weighted by Gasteiger charge is -2.22. The molecule has 0 saturated carbocycles. The van der Waals surface area contributed by atoms with Gasteiger partial charge in [0.1, 0.15) is 0 Å². The number of hydrogen-bond donors (Lipinski definition) is 2. The number of benzene rings is 2. The SMILES string of the molecule is CC(C)(C(=O)OCC(=O)NNC(=O)c1cccc([N+](=O)[O-])c1)c1ccccc1. The number of amides is 2. The lowest BCUT2D eigenvalue weighted by Crippen LogP contribution is -2.44. The molecule has 0 spiro atoms. The molecule has 2 rings (SSSR count). The Labute approximate surface area is 160 Å². The second kappa shape index (κ2) is 8.76. The molecule has 0 unspecified atom stereocenters. The maximum atomic E-state index is 12.3. The lowest BCUT2D eigenvalue weighted by molar-refractivity contribution is -0.384. The number of nitrogens with one attached hydrogen (secondary N) is 2. The molecule has 0 aliphatic rings. The van der Waals surface area contributed by atoms with Crippen LogP contribution in [0.3, 0.4) is 0 Å². The van der Waals surface area contributed by atoms with Gasteiger partial charge in [-0.15, -0.1) is 0 Å². The van der Waals surface area contributed by atoms with E-state index in [9.17, 15) is 24.5 Å². The topological polar surface area (TPSA) is 128 Å². The average Bonchev–Trinajstić information content (AvgIpc) is 2.70. The van der Waals surface area contributed by atoms with Crippen molar-refractivity contribution >= 4 is 23.5 Å².